The molecule has 3 aliphatic heterocycles. The number of nitrogens with zero attached hydrogens (tertiary/aromatic N) is 4. The number of fused-ring (bicyclic) bond motifs is 3. The molecule has 9 nitrogen and oxygen atoms in total. The third-order valence-electron chi connectivity index (χ3n) is 8.31. The van der Waals surface area contributed by atoms with E-state index in [9.17, 15) is 14.4 Å². The van der Waals surface area contributed by atoms with Crippen LogP contribution in [-0.2, 0) is 20.9 Å². The highest BCUT2D eigenvalue weighted by atomic mass is 16.6. The molecule has 4 heterocycles. The zero-order valence-corrected chi connectivity index (χ0v) is 23.9. The molecule has 0 bridgehead atoms. The number of pyridine rings is 1. The maximum Gasteiger partial charge on any atom is 0.410 e. The Kier molecular flexibility index (Phi) is 7.15. The zero-order valence-electron chi connectivity index (χ0n) is 23.9. The summed E-state index contributed by atoms with van der Waals surface area (Å²) in [7, 11) is 0. The Morgan fingerprint density at radius 1 is 1.07 bits per heavy atom. The van der Waals surface area contributed by atoms with Crippen molar-refractivity contribution in [2.75, 3.05) is 38.0 Å². The number of carbonyl (C=O) groups excluding carboxylic acids is 3. The summed E-state index contributed by atoms with van der Waals surface area (Å²) in [5.74, 6) is 1.22. The highest BCUT2D eigenvalue weighted by Crippen LogP contribution is 2.41. The molecule has 41 heavy (non-hydrogen) atoms. The van der Waals surface area contributed by atoms with E-state index in [0.29, 0.717) is 37.3 Å². The fourth-order valence-electron chi connectivity index (χ4n) is 6.25. The highest BCUT2D eigenvalue weighted by molar-refractivity contribution is 5.96. The molecule has 1 aliphatic carbocycles. The first-order chi connectivity index (χ1) is 19.6. The number of hydrogen-bond donors (Lipinski definition) is 1. The van der Waals surface area contributed by atoms with Crippen LogP contribution in [0.2, 0.25) is 0 Å². The van der Waals surface area contributed by atoms with Crippen LogP contribution in [0.1, 0.15) is 43.9 Å². The minimum Gasteiger partial charge on any atom is -0.444 e. The lowest BCUT2D eigenvalue weighted by Crippen LogP contribution is -2.58. The molecular weight excluding hydrogens is 518 g/mol. The van der Waals surface area contributed by atoms with E-state index >= 15 is 0 Å². The average molecular weight is 556 g/mol. The first kappa shape index (κ1) is 27.2. The minimum absolute atomic E-state index is 0.00985. The molecule has 3 amide bonds. The lowest BCUT2D eigenvalue weighted by Gasteiger charge is -2.39. The monoisotopic (exact) mass is 555 g/mol. The number of benzene rings is 1. The topological polar surface area (TPSA) is 95.1 Å². The van der Waals surface area contributed by atoms with Crippen LogP contribution >= 0.6 is 0 Å². The molecule has 1 N–H and O–H groups in total. The Morgan fingerprint density at radius 2 is 1.88 bits per heavy atom. The van der Waals surface area contributed by atoms with Gasteiger partial charge in [0.15, 0.2) is 0 Å². The van der Waals surface area contributed by atoms with Crippen molar-refractivity contribution in [2.45, 2.75) is 45.4 Å². The number of anilines is 1. The summed E-state index contributed by atoms with van der Waals surface area (Å²) in [6, 6.07) is 12.0. The van der Waals surface area contributed by atoms with Gasteiger partial charge in [-0.25, -0.2) is 9.78 Å². The first-order valence-corrected chi connectivity index (χ1v) is 14.4. The smallest absolute Gasteiger partial charge is 0.410 e. The van der Waals surface area contributed by atoms with Crippen molar-refractivity contribution in [3.05, 3.63) is 71.4 Å². The Morgan fingerprint density at radius 3 is 2.63 bits per heavy atom. The van der Waals surface area contributed by atoms with Gasteiger partial charge in [-0.1, -0.05) is 36.4 Å². The molecule has 2 saturated heterocycles. The standard InChI is InChI=1S/C32H37N5O4/c1-32(2,3)41-31(40)36-12-11-35-19-26-13-21(16-33-29(26)34-30(39)27(35)20-36)9-10-28(38)37-17-24-14-23(15-25(24)18-37)22-7-5-4-6-8-22/h4-10,13-14,16,24-25,27H,11-12,15,17-20H2,1-3H3,(H,33,34,39)/b10-9+. The summed E-state index contributed by atoms with van der Waals surface area (Å²) >= 11 is 0. The average Bonchev–Trinajstić information content (AvgIpc) is 3.49. The number of ether oxygens (including phenoxy) is 1. The van der Waals surface area contributed by atoms with E-state index in [1.807, 2.05) is 37.8 Å². The molecule has 0 spiro atoms. The number of carbonyl (C=O) groups is 3. The SMILES string of the molecule is CC(C)(C)OC(=O)N1CCN2Cc3cc(/C=C/C(=O)N4CC5C=C(c6ccccc6)CC5C4)cnc3NC(=O)C2C1. The van der Waals surface area contributed by atoms with Crippen LogP contribution in [0.5, 0.6) is 0 Å². The molecule has 2 fully saturated rings. The molecule has 3 unspecified atom stereocenters. The second-order valence-electron chi connectivity index (χ2n) is 12.4. The van der Waals surface area contributed by atoms with Crippen molar-refractivity contribution in [3.63, 3.8) is 0 Å². The first-order valence-electron chi connectivity index (χ1n) is 14.4. The van der Waals surface area contributed by atoms with E-state index in [-0.39, 0.29) is 18.4 Å². The number of allylic oxidation sites excluding steroid dienone is 1. The normalized spacial score (nSPS) is 24.3. The molecule has 214 valence electrons. The molecule has 9 heteroatoms. The lowest BCUT2D eigenvalue weighted by atomic mass is 9.98. The Balaban J connectivity index is 1.08. The number of likely N-dealkylation sites (tertiary alicyclic amines) is 1. The van der Waals surface area contributed by atoms with Crippen LogP contribution in [-0.4, -0.2) is 82.0 Å². The van der Waals surface area contributed by atoms with Crippen LogP contribution in [0.25, 0.3) is 11.6 Å². The van der Waals surface area contributed by atoms with Crippen molar-refractivity contribution in [1.29, 1.82) is 0 Å². The molecule has 0 radical (unpaired) electrons. The fraction of sp³-hybridized carbons (Fsp3) is 0.438. The van der Waals surface area contributed by atoms with Gasteiger partial charge in [-0.3, -0.25) is 14.5 Å². The number of nitrogens with one attached hydrogen (secondary N) is 1. The summed E-state index contributed by atoms with van der Waals surface area (Å²) in [6.45, 7) is 8.82. The van der Waals surface area contributed by atoms with E-state index < -0.39 is 17.7 Å². The van der Waals surface area contributed by atoms with Crippen molar-refractivity contribution in [1.82, 2.24) is 19.7 Å². The van der Waals surface area contributed by atoms with Gasteiger partial charge in [-0.15, -0.1) is 0 Å². The van der Waals surface area contributed by atoms with Crippen molar-refractivity contribution < 1.29 is 19.1 Å². The molecule has 3 atom stereocenters. The summed E-state index contributed by atoms with van der Waals surface area (Å²) in [5.41, 5.74) is 3.77. The van der Waals surface area contributed by atoms with Gasteiger partial charge >= 0.3 is 6.09 Å². The second kappa shape index (κ2) is 10.8. The number of rotatable bonds is 3. The molecule has 0 saturated carbocycles. The molecular formula is C32H37N5O4. The fourth-order valence-corrected chi connectivity index (χ4v) is 6.25. The van der Waals surface area contributed by atoms with Gasteiger partial charge in [-0.2, -0.15) is 0 Å². The third kappa shape index (κ3) is 5.91. The maximum atomic E-state index is 13.1. The summed E-state index contributed by atoms with van der Waals surface area (Å²) < 4.78 is 5.51. The predicted molar refractivity (Wildman–Crippen MR) is 157 cm³/mol. The molecule has 4 aliphatic rings. The van der Waals surface area contributed by atoms with E-state index in [1.54, 1.807) is 23.2 Å². The van der Waals surface area contributed by atoms with Crippen LogP contribution in [0.3, 0.4) is 0 Å². The summed E-state index contributed by atoms with van der Waals surface area (Å²) in [4.78, 5) is 48.8. The van der Waals surface area contributed by atoms with Gasteiger partial charge in [0.1, 0.15) is 17.5 Å². The quantitative estimate of drug-likeness (QED) is 0.575. The minimum atomic E-state index is -0.595. The van der Waals surface area contributed by atoms with E-state index in [2.05, 4.69) is 45.5 Å². The Hall–Kier alpha value is -3.98. The number of aromatic nitrogens is 1. The molecule has 1 aromatic carbocycles. The van der Waals surface area contributed by atoms with Crippen molar-refractivity contribution >= 4 is 35.4 Å². The second-order valence-corrected chi connectivity index (χ2v) is 12.4. The predicted octanol–water partition coefficient (Wildman–Crippen LogP) is 4.03. The number of amides is 3. The van der Waals surface area contributed by atoms with Gasteiger partial charge in [-0.05, 0) is 67.9 Å². The molecule has 2 aromatic rings. The molecule has 1 aromatic heterocycles. The Bertz CT molecular complexity index is 1410. The largest absolute Gasteiger partial charge is 0.444 e. The third-order valence-corrected chi connectivity index (χ3v) is 8.31. The van der Waals surface area contributed by atoms with E-state index in [0.717, 1.165) is 30.6 Å². The van der Waals surface area contributed by atoms with Gasteiger partial charge in [0, 0.05) is 57.1 Å². The van der Waals surface area contributed by atoms with Crippen LogP contribution < -0.4 is 5.32 Å². The van der Waals surface area contributed by atoms with Gasteiger partial charge in [0.25, 0.3) is 0 Å². The van der Waals surface area contributed by atoms with Crippen LogP contribution in [0.15, 0.2) is 54.7 Å². The van der Waals surface area contributed by atoms with Gasteiger partial charge < -0.3 is 19.9 Å². The summed E-state index contributed by atoms with van der Waals surface area (Å²) in [5, 5.41) is 2.93. The van der Waals surface area contributed by atoms with Crippen molar-refractivity contribution in [3.8, 4) is 0 Å². The van der Waals surface area contributed by atoms with Crippen LogP contribution in [0.4, 0.5) is 10.6 Å². The maximum absolute atomic E-state index is 13.1. The summed E-state index contributed by atoms with van der Waals surface area (Å²) in [6.07, 6.45) is 8.06. The van der Waals surface area contributed by atoms with Crippen LogP contribution in [0, 0.1) is 11.8 Å². The Labute approximate surface area is 240 Å². The zero-order chi connectivity index (χ0) is 28.7. The van der Waals surface area contributed by atoms with Crippen molar-refractivity contribution in [2.24, 2.45) is 11.8 Å². The highest BCUT2D eigenvalue weighted by Gasteiger charge is 2.39. The van der Waals surface area contributed by atoms with Gasteiger partial charge in [0.05, 0.1) is 0 Å². The lowest BCUT2D eigenvalue weighted by molar-refractivity contribution is -0.125. The number of piperazine rings is 1. The number of hydrogen-bond acceptors (Lipinski definition) is 6. The molecule has 6 rings (SSSR count). The van der Waals surface area contributed by atoms with E-state index in [4.69, 9.17) is 4.74 Å². The van der Waals surface area contributed by atoms with Gasteiger partial charge in [0.2, 0.25) is 11.8 Å². The van der Waals surface area contributed by atoms with E-state index in [1.165, 1.54) is 11.1 Å².